The van der Waals surface area contributed by atoms with Crippen molar-refractivity contribution < 1.29 is 33.1 Å². The van der Waals surface area contributed by atoms with Crippen molar-refractivity contribution in [2.24, 2.45) is 46.3 Å². The van der Waals surface area contributed by atoms with Crippen LogP contribution >= 0.6 is 0 Å². The minimum atomic E-state index is -4.10. The van der Waals surface area contributed by atoms with Gasteiger partial charge in [0.1, 0.15) is 0 Å². The first kappa shape index (κ1) is 27.3. The van der Waals surface area contributed by atoms with Crippen molar-refractivity contribution in [3.05, 3.63) is 0 Å². The smallest absolute Gasteiger partial charge is 0.266 e. The highest BCUT2D eigenvalue weighted by atomic mass is 32.2. The quantitative estimate of drug-likeness (QED) is 0.327. The maximum atomic E-state index is 12.2. The summed E-state index contributed by atoms with van der Waals surface area (Å²) in [6.07, 6.45) is 5.67. The lowest BCUT2D eigenvalue weighted by molar-refractivity contribution is -0.207. The molecule has 4 aliphatic rings. The topological polar surface area (TPSA) is 144 Å². The van der Waals surface area contributed by atoms with Crippen molar-refractivity contribution in [1.82, 2.24) is 5.32 Å². The Morgan fingerprint density at radius 1 is 1.06 bits per heavy atom. The molecular weight excluding hydrogens is 470 g/mol. The number of aliphatic hydroxyl groups is 3. The fourth-order valence-electron chi connectivity index (χ4n) is 9.10. The molecule has 0 aromatic rings. The third-order valence-corrected chi connectivity index (χ3v) is 11.7. The molecule has 0 radical (unpaired) electrons. The second-order valence-corrected chi connectivity index (χ2v) is 14.2. The zero-order valence-corrected chi connectivity index (χ0v) is 22.2. The predicted octanol–water partition coefficient (Wildman–Crippen LogP) is 2.37. The van der Waals surface area contributed by atoms with Crippen molar-refractivity contribution in [1.29, 1.82) is 0 Å². The number of rotatable bonds is 7. The largest absolute Gasteiger partial charge is 0.393 e. The summed E-state index contributed by atoms with van der Waals surface area (Å²) in [7, 11) is -4.10. The van der Waals surface area contributed by atoms with Crippen molar-refractivity contribution in [3.63, 3.8) is 0 Å². The van der Waals surface area contributed by atoms with E-state index in [1.54, 1.807) is 0 Å². The Morgan fingerprint density at radius 3 is 2.46 bits per heavy atom. The van der Waals surface area contributed by atoms with Gasteiger partial charge in [-0.05, 0) is 97.7 Å². The number of hydrogen-bond acceptors (Lipinski definition) is 6. The number of carbonyl (C=O) groups excluding carboxylic acids is 1. The molecule has 202 valence electrons. The highest BCUT2D eigenvalue weighted by Crippen LogP contribution is 2.68. The first-order valence-electron chi connectivity index (χ1n) is 13.5. The number of aliphatic hydroxyl groups excluding tert-OH is 3. The maximum absolute atomic E-state index is 12.2. The van der Waals surface area contributed by atoms with Crippen LogP contribution in [0, 0.1) is 46.3 Å². The third kappa shape index (κ3) is 5.05. The lowest BCUT2D eigenvalue weighted by atomic mass is 9.43. The SMILES string of the molecule is CC(CCC(=O)NCCS(=O)(=O)O)[C@H]1CCC2C3C(C[C@H](O)[C@@]21C)[C@@]1(C)CC[C@@H](O)CC1C[C@H]3O. The van der Waals surface area contributed by atoms with E-state index >= 15 is 0 Å². The normalized spacial score (nSPS) is 46.3. The van der Waals surface area contributed by atoms with E-state index < -0.39 is 28.1 Å². The molecule has 9 heteroatoms. The molecule has 0 saturated heterocycles. The lowest BCUT2D eigenvalue weighted by Gasteiger charge is -2.63. The first-order chi connectivity index (χ1) is 16.3. The van der Waals surface area contributed by atoms with Gasteiger partial charge in [0.15, 0.2) is 0 Å². The Balaban J connectivity index is 1.43. The molecule has 8 nitrogen and oxygen atoms in total. The van der Waals surface area contributed by atoms with Crippen LogP contribution in [0.25, 0.3) is 0 Å². The number of fused-ring (bicyclic) bond motifs is 5. The van der Waals surface area contributed by atoms with Crippen LogP contribution in [0.1, 0.15) is 78.6 Å². The summed E-state index contributed by atoms with van der Waals surface area (Å²) >= 11 is 0. The number of carbonyl (C=O) groups is 1. The van der Waals surface area contributed by atoms with E-state index in [4.69, 9.17) is 4.55 Å². The summed E-state index contributed by atoms with van der Waals surface area (Å²) in [6, 6.07) is 0. The van der Waals surface area contributed by atoms with E-state index in [0.717, 1.165) is 38.5 Å². The predicted molar refractivity (Wildman–Crippen MR) is 132 cm³/mol. The Morgan fingerprint density at radius 2 is 1.77 bits per heavy atom. The fourth-order valence-corrected chi connectivity index (χ4v) is 9.46. The summed E-state index contributed by atoms with van der Waals surface area (Å²) in [5.74, 6) is 0.705. The third-order valence-electron chi connectivity index (χ3n) is 11.0. The van der Waals surface area contributed by atoms with Crippen LogP contribution in [-0.2, 0) is 14.9 Å². The van der Waals surface area contributed by atoms with E-state index in [1.807, 2.05) is 0 Å². The van der Waals surface area contributed by atoms with Gasteiger partial charge in [-0.1, -0.05) is 20.8 Å². The summed E-state index contributed by atoms with van der Waals surface area (Å²) < 4.78 is 30.5. The van der Waals surface area contributed by atoms with Gasteiger partial charge in [-0.3, -0.25) is 9.35 Å². The average molecular weight is 516 g/mol. The molecule has 4 rings (SSSR count). The molecule has 4 fully saturated rings. The molecule has 0 heterocycles. The van der Waals surface area contributed by atoms with Crippen molar-refractivity contribution in [2.45, 2.75) is 96.9 Å². The molecule has 0 spiro atoms. The minimum absolute atomic E-state index is 0.0509. The van der Waals surface area contributed by atoms with Crippen molar-refractivity contribution in [2.75, 3.05) is 12.3 Å². The molecule has 5 unspecified atom stereocenters. The van der Waals surface area contributed by atoms with Gasteiger partial charge >= 0.3 is 0 Å². The van der Waals surface area contributed by atoms with Gasteiger partial charge in [0.05, 0.1) is 24.1 Å². The molecule has 0 aromatic carbocycles. The van der Waals surface area contributed by atoms with E-state index in [1.165, 1.54) is 0 Å². The molecule has 0 aromatic heterocycles. The fraction of sp³-hybridized carbons (Fsp3) is 0.962. The standard InChI is InChI=1S/C26H45NO7S/c1-15(4-7-23(31)27-10-11-35(32,33)34)18-5-6-19-24-20(14-22(30)26(18,19)3)25(2)9-8-17(28)12-16(25)13-21(24)29/h15-22,24,28-30H,4-14H2,1-3H3,(H,27,31)(H,32,33,34)/t15?,16?,17-,18-,19?,20?,21-,22+,24?,25+,26-/m1/s1. The van der Waals surface area contributed by atoms with Crippen molar-refractivity contribution in [3.8, 4) is 0 Å². The van der Waals surface area contributed by atoms with Crippen molar-refractivity contribution >= 4 is 16.0 Å². The summed E-state index contributed by atoms with van der Waals surface area (Å²) in [6.45, 7) is 6.56. The van der Waals surface area contributed by atoms with Gasteiger partial charge in [-0.15, -0.1) is 0 Å². The van der Waals surface area contributed by atoms with Gasteiger partial charge in [0.2, 0.25) is 5.91 Å². The first-order valence-corrected chi connectivity index (χ1v) is 15.1. The highest BCUT2D eigenvalue weighted by Gasteiger charge is 2.65. The van der Waals surface area contributed by atoms with Crippen LogP contribution in [0.3, 0.4) is 0 Å². The average Bonchev–Trinajstić information content (AvgIpc) is 3.12. The van der Waals surface area contributed by atoms with E-state index in [2.05, 4.69) is 26.1 Å². The maximum Gasteiger partial charge on any atom is 0.266 e. The van der Waals surface area contributed by atoms with Crippen LogP contribution in [0.5, 0.6) is 0 Å². The van der Waals surface area contributed by atoms with Gasteiger partial charge in [-0.2, -0.15) is 8.42 Å². The molecule has 4 saturated carbocycles. The second kappa shape index (κ2) is 9.86. The van der Waals surface area contributed by atoms with Crippen LogP contribution in [-0.4, -0.2) is 64.8 Å². The summed E-state index contributed by atoms with van der Waals surface area (Å²) in [4.78, 5) is 12.2. The Kier molecular flexibility index (Phi) is 7.69. The molecule has 35 heavy (non-hydrogen) atoms. The Hall–Kier alpha value is -0.740. The van der Waals surface area contributed by atoms with Gasteiger partial charge < -0.3 is 20.6 Å². The summed E-state index contributed by atoms with van der Waals surface area (Å²) in [5.41, 5.74) is -0.254. The van der Waals surface area contributed by atoms with Crippen LogP contribution in [0.4, 0.5) is 0 Å². The van der Waals surface area contributed by atoms with E-state index in [9.17, 15) is 28.5 Å². The van der Waals surface area contributed by atoms with Gasteiger partial charge in [-0.25, -0.2) is 0 Å². The minimum Gasteiger partial charge on any atom is -0.393 e. The highest BCUT2D eigenvalue weighted by molar-refractivity contribution is 7.85. The lowest BCUT2D eigenvalue weighted by Crippen LogP contribution is -2.62. The zero-order valence-electron chi connectivity index (χ0n) is 21.4. The molecule has 5 N–H and O–H groups in total. The second-order valence-electron chi connectivity index (χ2n) is 12.7. The molecule has 0 bridgehead atoms. The number of hydrogen-bond donors (Lipinski definition) is 5. The van der Waals surface area contributed by atoms with Crippen LogP contribution in [0.15, 0.2) is 0 Å². The van der Waals surface area contributed by atoms with E-state index in [0.29, 0.717) is 18.8 Å². The number of amides is 1. The van der Waals surface area contributed by atoms with Gasteiger partial charge in [0.25, 0.3) is 10.1 Å². The molecule has 1 amide bonds. The number of nitrogens with one attached hydrogen (secondary N) is 1. The molecule has 0 aliphatic heterocycles. The monoisotopic (exact) mass is 515 g/mol. The van der Waals surface area contributed by atoms with Crippen LogP contribution < -0.4 is 5.32 Å². The molecule has 11 atom stereocenters. The van der Waals surface area contributed by atoms with Gasteiger partial charge in [0, 0.05) is 13.0 Å². The zero-order chi connectivity index (χ0) is 25.8. The van der Waals surface area contributed by atoms with E-state index in [-0.39, 0.29) is 65.4 Å². The molecule has 4 aliphatic carbocycles. The Labute approximate surface area is 210 Å². The Bertz CT molecular complexity index is 896. The van der Waals surface area contributed by atoms with Crippen LogP contribution in [0.2, 0.25) is 0 Å². The molecular formula is C26H45NO7S. The summed E-state index contributed by atoms with van der Waals surface area (Å²) in [5, 5.41) is 35.8.